The van der Waals surface area contributed by atoms with E-state index in [1.807, 2.05) is 59.5 Å². The molecule has 9 heteroatoms. The van der Waals surface area contributed by atoms with Crippen LogP contribution in [0.2, 0.25) is 0 Å². The van der Waals surface area contributed by atoms with Crippen LogP contribution in [-0.4, -0.2) is 64.4 Å². The van der Waals surface area contributed by atoms with E-state index in [2.05, 4.69) is 5.32 Å². The summed E-state index contributed by atoms with van der Waals surface area (Å²) in [6, 6.07) is 17.2. The van der Waals surface area contributed by atoms with E-state index in [1.54, 1.807) is 26.2 Å². The topological polar surface area (TPSA) is 89.6 Å². The first-order chi connectivity index (χ1) is 18.5. The Bertz CT molecular complexity index is 1340. The Kier molecular flexibility index (Phi) is 7.26. The third-order valence-corrected chi connectivity index (χ3v) is 6.85. The van der Waals surface area contributed by atoms with Crippen LogP contribution in [0.4, 0.5) is 10.5 Å². The average Bonchev–Trinajstić information content (AvgIpc) is 3.25. The standard InChI is InChI=1S/C29H31N3O6/c1-35-24-9-6-20(16-25(24)36-2)21-15-22-18-31(12-13-38-28(22)26(17-21)37-3)27(33)14-19-4-7-23(8-5-19)32-11-10-30-29(32)34/h4-9,15-17H,10-14,18H2,1-3H3,(H,30,34). The Labute approximate surface area is 221 Å². The number of nitrogens with one attached hydrogen (secondary N) is 1. The summed E-state index contributed by atoms with van der Waals surface area (Å²) in [5.74, 6) is 2.55. The summed E-state index contributed by atoms with van der Waals surface area (Å²) in [5, 5.41) is 2.80. The van der Waals surface area contributed by atoms with Crippen LogP contribution < -0.4 is 29.2 Å². The predicted molar refractivity (Wildman–Crippen MR) is 143 cm³/mol. The van der Waals surface area contributed by atoms with Crippen LogP contribution in [0.15, 0.2) is 54.6 Å². The monoisotopic (exact) mass is 517 g/mol. The lowest BCUT2D eigenvalue weighted by molar-refractivity contribution is -0.131. The molecular formula is C29H31N3O6. The van der Waals surface area contributed by atoms with Gasteiger partial charge in [-0.1, -0.05) is 18.2 Å². The number of benzene rings is 3. The molecule has 0 saturated carbocycles. The third kappa shape index (κ3) is 5.04. The molecule has 2 aliphatic rings. The summed E-state index contributed by atoms with van der Waals surface area (Å²) in [5.41, 5.74) is 4.43. The minimum Gasteiger partial charge on any atom is -0.493 e. The summed E-state index contributed by atoms with van der Waals surface area (Å²) in [6.07, 6.45) is 0.258. The minimum absolute atomic E-state index is 0.00334. The summed E-state index contributed by atoms with van der Waals surface area (Å²) in [6.45, 7) is 2.51. The maximum atomic E-state index is 13.3. The molecule has 0 aliphatic carbocycles. The van der Waals surface area contributed by atoms with Crippen LogP contribution in [0.3, 0.4) is 0 Å². The first-order valence-corrected chi connectivity index (χ1v) is 12.5. The van der Waals surface area contributed by atoms with E-state index in [0.717, 1.165) is 27.9 Å². The SMILES string of the molecule is COc1ccc(-c2cc3c(c(OC)c2)OCCN(C(=O)Cc2ccc(N4CCNC4=O)cc2)C3)cc1OC. The van der Waals surface area contributed by atoms with Crippen LogP contribution in [-0.2, 0) is 17.8 Å². The lowest BCUT2D eigenvalue weighted by Crippen LogP contribution is -2.33. The van der Waals surface area contributed by atoms with E-state index in [9.17, 15) is 9.59 Å². The molecule has 38 heavy (non-hydrogen) atoms. The van der Waals surface area contributed by atoms with Crippen molar-refractivity contribution < 1.29 is 28.5 Å². The molecule has 5 rings (SSSR count). The Morgan fingerprint density at radius 2 is 1.63 bits per heavy atom. The van der Waals surface area contributed by atoms with Crippen molar-refractivity contribution in [3.63, 3.8) is 0 Å². The molecule has 0 spiro atoms. The molecule has 3 aromatic carbocycles. The zero-order valence-electron chi connectivity index (χ0n) is 21.8. The summed E-state index contributed by atoms with van der Waals surface area (Å²) < 4.78 is 22.6. The number of rotatable bonds is 7. The van der Waals surface area contributed by atoms with Crippen molar-refractivity contribution in [2.75, 3.05) is 52.5 Å². The van der Waals surface area contributed by atoms with E-state index in [0.29, 0.717) is 55.8 Å². The molecular weight excluding hydrogens is 486 g/mol. The number of nitrogens with zero attached hydrogens (tertiary/aromatic N) is 2. The van der Waals surface area contributed by atoms with Crippen molar-refractivity contribution in [3.8, 4) is 34.1 Å². The van der Waals surface area contributed by atoms with Gasteiger partial charge in [0, 0.05) is 30.9 Å². The zero-order valence-corrected chi connectivity index (χ0v) is 21.8. The van der Waals surface area contributed by atoms with Crippen molar-refractivity contribution in [2.24, 2.45) is 0 Å². The average molecular weight is 518 g/mol. The molecule has 0 unspecified atom stereocenters. The van der Waals surface area contributed by atoms with Crippen LogP contribution in [0, 0.1) is 0 Å². The van der Waals surface area contributed by atoms with E-state index < -0.39 is 0 Å². The number of urea groups is 1. The quantitative estimate of drug-likeness (QED) is 0.512. The molecule has 3 aromatic rings. The summed E-state index contributed by atoms with van der Waals surface area (Å²) in [4.78, 5) is 28.7. The second-order valence-corrected chi connectivity index (χ2v) is 9.13. The minimum atomic E-state index is -0.0973. The Morgan fingerprint density at radius 3 is 2.32 bits per heavy atom. The fraction of sp³-hybridized carbons (Fsp3) is 0.310. The van der Waals surface area contributed by atoms with Crippen molar-refractivity contribution in [1.82, 2.24) is 10.2 Å². The van der Waals surface area contributed by atoms with E-state index in [-0.39, 0.29) is 18.4 Å². The molecule has 2 aliphatic heterocycles. The van der Waals surface area contributed by atoms with Gasteiger partial charge >= 0.3 is 6.03 Å². The fourth-order valence-corrected chi connectivity index (χ4v) is 4.83. The number of fused-ring (bicyclic) bond motifs is 1. The number of methoxy groups -OCH3 is 3. The molecule has 0 radical (unpaired) electrons. The fourth-order valence-electron chi connectivity index (χ4n) is 4.83. The van der Waals surface area contributed by atoms with Gasteiger partial charge in [-0.05, 0) is 53.1 Å². The van der Waals surface area contributed by atoms with Gasteiger partial charge in [0.1, 0.15) is 6.61 Å². The van der Waals surface area contributed by atoms with Gasteiger partial charge < -0.3 is 29.2 Å². The molecule has 0 bridgehead atoms. The highest BCUT2D eigenvalue weighted by Gasteiger charge is 2.25. The van der Waals surface area contributed by atoms with Crippen LogP contribution >= 0.6 is 0 Å². The highest BCUT2D eigenvalue weighted by Crippen LogP contribution is 2.40. The van der Waals surface area contributed by atoms with Crippen molar-refractivity contribution in [2.45, 2.75) is 13.0 Å². The Balaban J connectivity index is 1.36. The van der Waals surface area contributed by atoms with Crippen molar-refractivity contribution in [1.29, 1.82) is 0 Å². The van der Waals surface area contributed by atoms with Crippen LogP contribution in [0.1, 0.15) is 11.1 Å². The highest BCUT2D eigenvalue weighted by atomic mass is 16.5. The van der Waals surface area contributed by atoms with E-state index >= 15 is 0 Å². The van der Waals surface area contributed by atoms with Crippen LogP contribution in [0.5, 0.6) is 23.0 Å². The van der Waals surface area contributed by atoms with Gasteiger partial charge in [-0.2, -0.15) is 0 Å². The zero-order chi connectivity index (χ0) is 26.6. The molecule has 1 fully saturated rings. The number of carbonyl (C=O) groups excluding carboxylic acids is 2. The molecule has 2 heterocycles. The molecule has 3 amide bonds. The lowest BCUT2D eigenvalue weighted by Gasteiger charge is -2.21. The molecule has 198 valence electrons. The smallest absolute Gasteiger partial charge is 0.321 e. The molecule has 0 aromatic heterocycles. The molecule has 1 N–H and O–H groups in total. The van der Waals surface area contributed by atoms with Gasteiger partial charge in [-0.15, -0.1) is 0 Å². The maximum Gasteiger partial charge on any atom is 0.321 e. The van der Waals surface area contributed by atoms with Crippen molar-refractivity contribution >= 4 is 17.6 Å². The van der Waals surface area contributed by atoms with Crippen molar-refractivity contribution in [3.05, 3.63) is 65.7 Å². The van der Waals surface area contributed by atoms with Gasteiger partial charge in [-0.25, -0.2) is 4.79 Å². The number of amides is 3. The van der Waals surface area contributed by atoms with Gasteiger partial charge in [0.2, 0.25) is 5.91 Å². The first kappa shape index (κ1) is 25.3. The van der Waals surface area contributed by atoms with E-state index in [1.165, 1.54) is 0 Å². The largest absolute Gasteiger partial charge is 0.493 e. The highest BCUT2D eigenvalue weighted by molar-refractivity contribution is 5.94. The number of carbonyl (C=O) groups is 2. The van der Waals surface area contributed by atoms with Gasteiger partial charge in [0.05, 0.1) is 34.3 Å². The second kappa shape index (κ2) is 10.9. The lowest BCUT2D eigenvalue weighted by atomic mass is 10.0. The number of ether oxygens (including phenoxy) is 4. The third-order valence-electron chi connectivity index (χ3n) is 6.85. The predicted octanol–water partition coefficient (Wildman–Crippen LogP) is 3.87. The Morgan fingerprint density at radius 1 is 0.895 bits per heavy atom. The normalized spacial score (nSPS) is 14.8. The molecule has 1 saturated heterocycles. The first-order valence-electron chi connectivity index (χ1n) is 12.5. The number of anilines is 1. The van der Waals surface area contributed by atoms with E-state index in [4.69, 9.17) is 18.9 Å². The molecule has 9 nitrogen and oxygen atoms in total. The van der Waals surface area contributed by atoms with Crippen LogP contribution in [0.25, 0.3) is 11.1 Å². The Hall–Kier alpha value is -4.40. The number of hydrogen-bond acceptors (Lipinski definition) is 6. The summed E-state index contributed by atoms with van der Waals surface area (Å²) >= 11 is 0. The maximum absolute atomic E-state index is 13.3. The number of hydrogen-bond donors (Lipinski definition) is 1. The van der Waals surface area contributed by atoms with Gasteiger partial charge in [0.25, 0.3) is 0 Å². The molecule has 0 atom stereocenters. The van der Waals surface area contributed by atoms with Gasteiger partial charge in [0.15, 0.2) is 23.0 Å². The second-order valence-electron chi connectivity index (χ2n) is 9.13. The summed E-state index contributed by atoms with van der Waals surface area (Å²) in [7, 11) is 4.82. The van der Waals surface area contributed by atoms with Gasteiger partial charge in [-0.3, -0.25) is 9.69 Å².